The molecule has 0 atom stereocenters. The van der Waals surface area contributed by atoms with Gasteiger partial charge in [0.25, 0.3) is 0 Å². The van der Waals surface area contributed by atoms with Crippen molar-refractivity contribution < 1.29 is 4.79 Å². The molecule has 3 N–H and O–H groups in total. The smallest absolute Gasteiger partial charge is 0.320 e. The molecule has 0 saturated heterocycles. The molecule has 0 aliphatic carbocycles. The van der Waals surface area contributed by atoms with E-state index in [4.69, 9.17) is 28.2 Å². The van der Waals surface area contributed by atoms with E-state index >= 15 is 0 Å². The van der Waals surface area contributed by atoms with E-state index in [2.05, 4.69) is 58.4 Å². The molecule has 1 aromatic carbocycles. The van der Waals surface area contributed by atoms with E-state index in [1.165, 1.54) is 0 Å². The van der Waals surface area contributed by atoms with Crippen LogP contribution < -0.4 is 16.0 Å². The van der Waals surface area contributed by atoms with Gasteiger partial charge in [0.1, 0.15) is 11.6 Å². The third-order valence-electron chi connectivity index (χ3n) is 7.35. The molecule has 0 aliphatic rings. The molecule has 10 heteroatoms. The minimum absolute atomic E-state index is 0.315. The lowest BCUT2D eigenvalue weighted by atomic mass is 10.0. The van der Waals surface area contributed by atoms with Crippen molar-refractivity contribution in [1.82, 2.24) is 25.1 Å². The number of anilines is 2. The number of benzene rings is 1. The SMILES string of the molecule is CCN(CC)CCCCNC(=O)Nc1nc2cc(NCCCCN(CC)CC)ncc2cc1-c1c(Cl)cccc1Cl. The van der Waals surface area contributed by atoms with E-state index in [0.717, 1.165) is 82.7 Å². The van der Waals surface area contributed by atoms with Crippen molar-refractivity contribution in [2.75, 3.05) is 63.0 Å². The first-order valence-corrected chi connectivity index (χ1v) is 15.6. The molecule has 41 heavy (non-hydrogen) atoms. The topological polar surface area (TPSA) is 85.4 Å². The van der Waals surface area contributed by atoms with Gasteiger partial charge in [0.05, 0.1) is 15.6 Å². The molecule has 3 aromatic rings. The van der Waals surface area contributed by atoms with Crippen LogP contribution in [0.2, 0.25) is 10.0 Å². The van der Waals surface area contributed by atoms with Crippen LogP contribution in [0.4, 0.5) is 16.4 Å². The Kier molecular flexibility index (Phi) is 13.9. The van der Waals surface area contributed by atoms with Crippen molar-refractivity contribution in [2.45, 2.75) is 53.4 Å². The number of aromatic nitrogens is 2. The summed E-state index contributed by atoms with van der Waals surface area (Å²) in [5, 5.41) is 11.1. The molecule has 0 fully saturated rings. The second-order valence-corrected chi connectivity index (χ2v) is 10.8. The first-order valence-electron chi connectivity index (χ1n) is 14.9. The summed E-state index contributed by atoms with van der Waals surface area (Å²) >= 11 is 13.1. The molecule has 0 aliphatic heterocycles. The summed E-state index contributed by atoms with van der Waals surface area (Å²) in [5.74, 6) is 1.14. The predicted octanol–water partition coefficient (Wildman–Crippen LogP) is 7.38. The molecule has 0 saturated carbocycles. The van der Waals surface area contributed by atoms with Crippen LogP contribution in [0.15, 0.2) is 36.5 Å². The highest BCUT2D eigenvalue weighted by Crippen LogP contribution is 2.39. The Morgan fingerprint density at radius 2 is 1.46 bits per heavy atom. The van der Waals surface area contributed by atoms with Gasteiger partial charge in [0.15, 0.2) is 0 Å². The molecule has 0 bridgehead atoms. The number of halogens is 2. The van der Waals surface area contributed by atoms with Gasteiger partial charge in [-0.05, 0) is 83.2 Å². The lowest BCUT2D eigenvalue weighted by Crippen LogP contribution is -2.31. The van der Waals surface area contributed by atoms with E-state index in [-0.39, 0.29) is 6.03 Å². The minimum Gasteiger partial charge on any atom is -0.370 e. The second-order valence-electron chi connectivity index (χ2n) is 10.0. The molecular weight excluding hydrogens is 557 g/mol. The molecule has 2 amide bonds. The molecule has 224 valence electrons. The average molecular weight is 603 g/mol. The zero-order valence-electron chi connectivity index (χ0n) is 24.9. The highest BCUT2D eigenvalue weighted by molar-refractivity contribution is 6.39. The van der Waals surface area contributed by atoms with Gasteiger partial charge in [-0.1, -0.05) is 57.0 Å². The predicted molar refractivity (Wildman–Crippen MR) is 175 cm³/mol. The van der Waals surface area contributed by atoms with Crippen LogP contribution in [-0.4, -0.2) is 78.2 Å². The number of carbonyl (C=O) groups excluding carboxylic acids is 1. The lowest BCUT2D eigenvalue weighted by molar-refractivity contribution is 0.251. The van der Waals surface area contributed by atoms with E-state index in [1.54, 1.807) is 24.4 Å². The fourth-order valence-electron chi connectivity index (χ4n) is 4.78. The zero-order valence-corrected chi connectivity index (χ0v) is 26.4. The molecule has 8 nitrogen and oxygen atoms in total. The Balaban J connectivity index is 1.74. The lowest BCUT2D eigenvalue weighted by Gasteiger charge is -2.18. The van der Waals surface area contributed by atoms with Crippen molar-refractivity contribution >= 4 is 51.8 Å². The van der Waals surface area contributed by atoms with Crippen LogP contribution in [-0.2, 0) is 0 Å². The van der Waals surface area contributed by atoms with Gasteiger partial charge < -0.3 is 20.4 Å². The van der Waals surface area contributed by atoms with Gasteiger partial charge in [0.2, 0.25) is 0 Å². The number of nitrogens with one attached hydrogen (secondary N) is 3. The Morgan fingerprint density at radius 1 is 0.854 bits per heavy atom. The summed E-state index contributed by atoms with van der Waals surface area (Å²) in [7, 11) is 0. The highest BCUT2D eigenvalue weighted by Gasteiger charge is 2.17. The van der Waals surface area contributed by atoms with Crippen LogP contribution in [0.1, 0.15) is 53.4 Å². The maximum absolute atomic E-state index is 12.9. The standard InChI is InChI=1S/C31H45Cl2N7O/c1-5-39(6-2)18-11-9-16-34-28-21-27-23(22-36-28)20-24(29-25(32)14-13-15-26(29)33)30(37-27)38-31(41)35-17-10-12-19-40(7-3)8-4/h13-15,20-22H,5-12,16-19H2,1-4H3,(H,34,36)(H2,35,37,38,41). The van der Waals surface area contributed by atoms with Crippen molar-refractivity contribution in [1.29, 1.82) is 0 Å². The van der Waals surface area contributed by atoms with Crippen LogP contribution in [0, 0.1) is 0 Å². The van der Waals surface area contributed by atoms with Crippen LogP contribution in [0.3, 0.4) is 0 Å². The van der Waals surface area contributed by atoms with E-state index < -0.39 is 0 Å². The Labute approximate surface area is 255 Å². The molecule has 2 heterocycles. The first kappa shape index (κ1) is 32.9. The van der Waals surface area contributed by atoms with E-state index in [0.29, 0.717) is 39.1 Å². The van der Waals surface area contributed by atoms with Gasteiger partial charge in [0, 0.05) is 41.9 Å². The van der Waals surface area contributed by atoms with Gasteiger partial charge in [-0.2, -0.15) is 0 Å². The number of hydrogen-bond acceptors (Lipinski definition) is 6. The number of amides is 2. The van der Waals surface area contributed by atoms with Gasteiger partial charge in [-0.3, -0.25) is 5.32 Å². The molecular formula is C31H45Cl2N7O. The number of carbonyl (C=O) groups is 1. The van der Waals surface area contributed by atoms with Crippen molar-refractivity contribution in [3.63, 3.8) is 0 Å². The van der Waals surface area contributed by atoms with Crippen LogP contribution in [0.25, 0.3) is 22.0 Å². The average Bonchev–Trinajstić information content (AvgIpc) is 2.97. The second kappa shape index (κ2) is 17.3. The maximum atomic E-state index is 12.9. The number of nitrogens with zero attached hydrogens (tertiary/aromatic N) is 4. The zero-order chi connectivity index (χ0) is 29.6. The van der Waals surface area contributed by atoms with E-state index in [9.17, 15) is 4.79 Å². The molecule has 0 spiro atoms. The largest absolute Gasteiger partial charge is 0.370 e. The van der Waals surface area contributed by atoms with Gasteiger partial charge >= 0.3 is 6.03 Å². The summed E-state index contributed by atoms with van der Waals surface area (Å²) in [4.78, 5) is 27.1. The number of rotatable bonds is 17. The number of unbranched alkanes of at least 4 members (excludes halogenated alkanes) is 2. The summed E-state index contributed by atoms with van der Waals surface area (Å²) in [6.45, 7) is 16.5. The molecule has 2 aromatic heterocycles. The number of pyridine rings is 2. The fourth-order valence-corrected chi connectivity index (χ4v) is 5.38. The summed E-state index contributed by atoms with van der Waals surface area (Å²) in [6.07, 6.45) is 5.88. The van der Waals surface area contributed by atoms with Gasteiger partial charge in [-0.15, -0.1) is 0 Å². The number of hydrogen-bond donors (Lipinski definition) is 3. The van der Waals surface area contributed by atoms with Crippen molar-refractivity contribution in [3.05, 3.63) is 46.6 Å². The molecule has 0 radical (unpaired) electrons. The normalized spacial score (nSPS) is 11.4. The summed E-state index contributed by atoms with van der Waals surface area (Å²) in [5.41, 5.74) is 1.98. The molecule has 0 unspecified atom stereocenters. The van der Waals surface area contributed by atoms with Crippen LogP contribution >= 0.6 is 23.2 Å². The number of urea groups is 1. The fraction of sp³-hybridized carbons (Fsp3) is 0.516. The Hall–Kier alpha value is -2.65. The van der Waals surface area contributed by atoms with Crippen molar-refractivity contribution in [3.8, 4) is 11.1 Å². The maximum Gasteiger partial charge on any atom is 0.320 e. The van der Waals surface area contributed by atoms with Crippen molar-refractivity contribution in [2.24, 2.45) is 0 Å². The van der Waals surface area contributed by atoms with Gasteiger partial charge in [-0.25, -0.2) is 14.8 Å². The Morgan fingerprint density at radius 3 is 2.07 bits per heavy atom. The highest BCUT2D eigenvalue weighted by atomic mass is 35.5. The number of fused-ring (bicyclic) bond motifs is 1. The van der Waals surface area contributed by atoms with Crippen LogP contribution in [0.5, 0.6) is 0 Å². The first-order chi connectivity index (χ1) is 19.9. The summed E-state index contributed by atoms with van der Waals surface area (Å²) in [6, 6.07) is 8.87. The minimum atomic E-state index is -0.315. The quantitative estimate of drug-likeness (QED) is 0.140. The Bertz CT molecular complexity index is 1230. The monoisotopic (exact) mass is 601 g/mol. The van der Waals surface area contributed by atoms with E-state index in [1.807, 2.05) is 12.1 Å². The third kappa shape index (κ3) is 9.99. The third-order valence-corrected chi connectivity index (χ3v) is 7.98. The summed E-state index contributed by atoms with van der Waals surface area (Å²) < 4.78 is 0. The molecule has 3 rings (SSSR count).